The van der Waals surface area contributed by atoms with Crippen LogP contribution in [0, 0.1) is 29.6 Å². The normalized spacial score (nSPS) is 36.2. The van der Waals surface area contributed by atoms with Gasteiger partial charge in [0, 0.05) is 58.6 Å². The number of allylic oxidation sites excluding steroid dienone is 3. The number of amides is 2. The number of esters is 1. The topological polar surface area (TPSA) is 196 Å². The molecule has 3 heterocycles. The molecule has 1 unspecified atom stereocenters. The Labute approximate surface area is 404 Å². The molecule has 1 aromatic rings. The Morgan fingerprint density at radius 3 is 2.28 bits per heavy atom. The molecule has 14 atom stereocenters. The molecule has 0 radical (unpaired) electrons. The minimum atomic E-state index is -2.52. The van der Waals surface area contributed by atoms with Crippen LogP contribution >= 0.6 is 0 Å². The first kappa shape index (κ1) is 55.1. The van der Waals surface area contributed by atoms with E-state index in [4.69, 9.17) is 28.4 Å². The average Bonchev–Trinajstić information content (AvgIpc) is 3.33. The number of piperidine rings is 1. The molecule has 4 aliphatic rings. The Kier molecular flexibility index (Phi) is 21.0. The number of hydrogen-bond donors (Lipinski definition) is 3. The lowest BCUT2D eigenvalue weighted by molar-refractivity contribution is -0.302. The summed E-state index contributed by atoms with van der Waals surface area (Å²) in [5.74, 6) is -7.91. The molecule has 3 fully saturated rings. The number of aliphatic hydroxyl groups excluding tert-OH is 1. The number of aliphatic hydroxyl groups is 2. The number of carbonyl (C=O) groups excluding carboxylic acids is 5. The zero-order valence-electron chi connectivity index (χ0n) is 42.0. The monoisotopic (exact) mass is 953 g/mol. The number of carbonyl (C=O) groups is 5. The van der Waals surface area contributed by atoms with E-state index in [0.29, 0.717) is 69.9 Å². The summed E-state index contributed by atoms with van der Waals surface area (Å²) in [6.45, 7) is 11.7. The van der Waals surface area contributed by atoms with Gasteiger partial charge in [-0.25, -0.2) is 4.79 Å². The second-order valence-corrected chi connectivity index (χ2v) is 20.0. The maximum Gasteiger partial charge on any atom is 0.329 e. The van der Waals surface area contributed by atoms with E-state index in [1.807, 2.05) is 63.3 Å². The third-order valence-corrected chi connectivity index (χ3v) is 14.9. The van der Waals surface area contributed by atoms with Gasteiger partial charge in [0.2, 0.25) is 11.7 Å². The van der Waals surface area contributed by atoms with E-state index in [2.05, 4.69) is 12.2 Å². The molecule has 0 aromatic heterocycles. The highest BCUT2D eigenvalue weighted by Gasteiger charge is 2.56. The van der Waals surface area contributed by atoms with E-state index in [0.717, 1.165) is 11.1 Å². The first-order valence-corrected chi connectivity index (χ1v) is 25.0. The van der Waals surface area contributed by atoms with Crippen LogP contribution < -0.4 is 5.32 Å². The second kappa shape index (κ2) is 25.9. The van der Waals surface area contributed by atoms with Gasteiger partial charge in [-0.05, 0) is 107 Å². The van der Waals surface area contributed by atoms with Crippen LogP contribution in [-0.4, -0.2) is 140 Å². The number of fused-ring (bicyclic) bond motifs is 3. The van der Waals surface area contributed by atoms with Crippen LogP contribution in [0.3, 0.4) is 0 Å². The first-order chi connectivity index (χ1) is 32.4. The number of cyclic esters (lactones) is 1. The minimum Gasteiger partial charge on any atom is -0.456 e. The van der Waals surface area contributed by atoms with Crippen LogP contribution in [-0.2, 0) is 58.8 Å². The van der Waals surface area contributed by atoms with Crippen molar-refractivity contribution in [2.75, 3.05) is 41.0 Å². The molecule has 3 N–H and O–H groups in total. The zero-order chi connectivity index (χ0) is 49.7. The van der Waals surface area contributed by atoms with Crippen LogP contribution in [0.1, 0.15) is 118 Å². The smallest absolute Gasteiger partial charge is 0.329 e. The molecule has 68 heavy (non-hydrogen) atoms. The second-order valence-electron chi connectivity index (χ2n) is 20.0. The van der Waals surface area contributed by atoms with Gasteiger partial charge in [-0.15, -0.1) is 0 Å². The lowest BCUT2D eigenvalue weighted by Crippen LogP contribution is -2.64. The number of Topliss-reactive ketones (excluding diaryl/α,β-unsaturated/α-hetero) is 2. The van der Waals surface area contributed by atoms with Gasteiger partial charge >= 0.3 is 5.97 Å². The van der Waals surface area contributed by atoms with Gasteiger partial charge in [-0.2, -0.15) is 0 Å². The molecular weight excluding hydrogens is 873 g/mol. The molecule has 1 aliphatic carbocycles. The molecule has 2 amide bonds. The van der Waals surface area contributed by atoms with Gasteiger partial charge in [0.05, 0.1) is 30.5 Å². The highest BCUT2D eigenvalue weighted by molar-refractivity contribution is 6.39. The molecule has 2 saturated heterocycles. The number of nitrogens with one attached hydrogen (secondary N) is 1. The van der Waals surface area contributed by atoms with Gasteiger partial charge in [-0.1, -0.05) is 75.8 Å². The molecule has 3 aliphatic heterocycles. The summed E-state index contributed by atoms with van der Waals surface area (Å²) in [6, 6.07) is 8.76. The largest absolute Gasteiger partial charge is 0.456 e. The number of nitrogens with zero attached hydrogens (tertiary/aromatic N) is 1. The van der Waals surface area contributed by atoms with Gasteiger partial charge in [-0.3, -0.25) is 19.2 Å². The van der Waals surface area contributed by atoms with Crippen LogP contribution in [0.15, 0.2) is 53.6 Å². The van der Waals surface area contributed by atoms with Crippen molar-refractivity contribution < 1.29 is 62.6 Å². The molecular formula is C53H80N2O13. The third-order valence-electron chi connectivity index (χ3n) is 14.9. The fourth-order valence-corrected chi connectivity index (χ4v) is 10.8. The summed E-state index contributed by atoms with van der Waals surface area (Å²) in [6.07, 6.45) is 4.57. The Morgan fingerprint density at radius 1 is 0.912 bits per heavy atom. The average molecular weight is 953 g/mol. The van der Waals surface area contributed by atoms with Gasteiger partial charge in [0.15, 0.2) is 0 Å². The van der Waals surface area contributed by atoms with Crippen molar-refractivity contribution in [1.82, 2.24) is 10.2 Å². The molecule has 2 bridgehead atoms. The van der Waals surface area contributed by atoms with E-state index in [9.17, 15) is 34.2 Å². The van der Waals surface area contributed by atoms with Crippen LogP contribution in [0.5, 0.6) is 0 Å². The lowest BCUT2D eigenvalue weighted by atomic mass is 9.81. The van der Waals surface area contributed by atoms with E-state index in [-0.39, 0.29) is 68.1 Å². The van der Waals surface area contributed by atoms with Crippen LogP contribution in [0.4, 0.5) is 0 Å². The number of methoxy groups -OCH3 is 3. The predicted octanol–water partition coefficient (Wildman–Crippen LogP) is 5.86. The van der Waals surface area contributed by atoms with Gasteiger partial charge in [0.25, 0.3) is 11.7 Å². The van der Waals surface area contributed by atoms with Crippen LogP contribution in [0.2, 0.25) is 0 Å². The maximum atomic E-state index is 14.5. The lowest BCUT2D eigenvalue weighted by Gasteiger charge is -2.47. The SMILES string of the molecule is CC[C@@H]1/C=C(\C)C[C@H](C)C[C@H](OC)[C@H]2O[C@@](O)(C(=O)C(=O)N3CCCC[C@H]3C(=O)O[C@H](/C(C)=C/C3CC[C@@H](OCC(=O)NCCc4ccccc4)[C@H](OC)C3)[C@H](C)[C@@H](O)CC1=O)[C@H](C)C[C@@H]2OC. The van der Waals surface area contributed by atoms with Crippen molar-refractivity contribution in [3.8, 4) is 0 Å². The summed E-state index contributed by atoms with van der Waals surface area (Å²) in [4.78, 5) is 71.1. The third kappa shape index (κ3) is 14.2. The molecule has 1 saturated carbocycles. The summed E-state index contributed by atoms with van der Waals surface area (Å²) in [5.41, 5.74) is 2.77. The van der Waals surface area contributed by atoms with E-state index in [1.165, 1.54) is 19.1 Å². The van der Waals surface area contributed by atoms with E-state index in [1.54, 1.807) is 21.0 Å². The molecule has 1 aromatic carbocycles. The molecule has 15 nitrogen and oxygen atoms in total. The summed E-state index contributed by atoms with van der Waals surface area (Å²) < 4.78 is 36.4. The summed E-state index contributed by atoms with van der Waals surface area (Å²) in [5, 5.41) is 26.9. The molecule has 0 spiro atoms. The zero-order valence-corrected chi connectivity index (χ0v) is 42.0. The van der Waals surface area contributed by atoms with Crippen molar-refractivity contribution >= 4 is 29.4 Å². The fraction of sp³-hybridized carbons (Fsp3) is 0.717. The number of rotatable bonds is 12. The van der Waals surface area contributed by atoms with Crippen molar-refractivity contribution in [3.63, 3.8) is 0 Å². The van der Waals surface area contributed by atoms with Crippen molar-refractivity contribution in [1.29, 1.82) is 0 Å². The standard InChI is InChI=1S/C53H80N2O13/c1-10-39-25-32(2)24-33(3)26-45(64-8)49-46(65-9)28-35(5)53(62,68-49)50(59)51(60)55-23-15-14-18-40(55)52(61)67-48(36(6)41(56)30-42(39)57)34(4)27-38-19-20-43(44(29-38)63-7)66-31-47(58)54-22-21-37-16-12-11-13-17-37/h11-13,16-17,25,27,33,35-36,38-41,43-46,48-49,56,62H,10,14-15,18-24,26,28-31H2,1-9H3,(H,54,58)/b32-25+,34-27+/t33-,35+,36+,38?,39+,40-,41-,43+,44+,45-,46-,48+,49+,53+/m0/s1. The Bertz CT molecular complexity index is 1910. The number of hydrogen-bond acceptors (Lipinski definition) is 13. The first-order valence-electron chi connectivity index (χ1n) is 25.0. The van der Waals surface area contributed by atoms with Gasteiger partial charge < -0.3 is 48.9 Å². The van der Waals surface area contributed by atoms with E-state index < -0.39 is 77.8 Å². The van der Waals surface area contributed by atoms with Crippen molar-refractivity contribution in [2.24, 2.45) is 29.6 Å². The maximum absolute atomic E-state index is 14.5. The summed E-state index contributed by atoms with van der Waals surface area (Å²) >= 11 is 0. The fourth-order valence-electron chi connectivity index (χ4n) is 10.8. The molecule has 15 heteroatoms. The highest BCUT2D eigenvalue weighted by atomic mass is 16.7. The number of ether oxygens (including phenoxy) is 6. The molecule has 380 valence electrons. The van der Waals surface area contributed by atoms with Crippen molar-refractivity contribution in [3.05, 3.63) is 59.2 Å². The highest BCUT2D eigenvalue weighted by Crippen LogP contribution is 2.39. The number of benzene rings is 1. The van der Waals surface area contributed by atoms with E-state index >= 15 is 0 Å². The van der Waals surface area contributed by atoms with Gasteiger partial charge in [0.1, 0.15) is 30.6 Å². The quantitative estimate of drug-likeness (QED) is 0.128. The molecule has 5 rings (SSSR count). The summed E-state index contributed by atoms with van der Waals surface area (Å²) in [7, 11) is 4.68. The Morgan fingerprint density at radius 2 is 1.60 bits per heavy atom. The van der Waals surface area contributed by atoms with Crippen LogP contribution in [0.25, 0.3) is 0 Å². The predicted molar refractivity (Wildman–Crippen MR) is 255 cm³/mol. The Balaban J connectivity index is 1.40. The van der Waals surface area contributed by atoms with Crippen molar-refractivity contribution in [2.45, 2.75) is 173 Å². The Hall–Kier alpha value is -3.83. The number of ketones is 2. The minimum absolute atomic E-state index is 0.0193.